The Bertz CT molecular complexity index is 1060. The molecule has 2 N–H and O–H groups in total. The summed E-state index contributed by atoms with van der Waals surface area (Å²) >= 11 is 0. The number of carbonyl (C=O) groups excluding carboxylic acids is 2. The van der Waals surface area contributed by atoms with Gasteiger partial charge in [0.05, 0.1) is 5.92 Å². The molecule has 3 atom stereocenters. The maximum atomic E-state index is 13.4. The van der Waals surface area contributed by atoms with Crippen molar-refractivity contribution < 1.29 is 24.2 Å². The summed E-state index contributed by atoms with van der Waals surface area (Å²) in [5.74, 6) is -1.85. The van der Waals surface area contributed by atoms with Gasteiger partial charge in [-0.1, -0.05) is 48.5 Å². The molecule has 0 spiro atoms. The molecule has 0 aromatic heterocycles. The van der Waals surface area contributed by atoms with Gasteiger partial charge in [-0.25, -0.2) is 4.79 Å². The third kappa shape index (κ3) is 5.32. The predicted octanol–water partition coefficient (Wildman–Crippen LogP) is 3.17. The number of aliphatic carboxylic acids is 1. The summed E-state index contributed by atoms with van der Waals surface area (Å²) in [7, 11) is 3.64. The van der Waals surface area contributed by atoms with E-state index in [1.54, 1.807) is 4.90 Å². The first-order chi connectivity index (χ1) is 16.8. The zero-order valence-corrected chi connectivity index (χ0v) is 20.4. The molecular formula is C27H33N3O5. The van der Waals surface area contributed by atoms with Crippen LogP contribution in [0, 0.1) is 5.92 Å². The number of likely N-dealkylation sites (tertiary alicyclic amines) is 1. The van der Waals surface area contributed by atoms with Crippen LogP contribution in [-0.2, 0) is 14.3 Å². The number of benzene rings is 2. The summed E-state index contributed by atoms with van der Waals surface area (Å²) < 4.78 is 5.64. The van der Waals surface area contributed by atoms with Crippen LogP contribution in [-0.4, -0.2) is 78.8 Å². The molecule has 0 radical (unpaired) electrons. The van der Waals surface area contributed by atoms with Crippen molar-refractivity contribution in [3.05, 3.63) is 59.7 Å². The number of rotatable bonds is 7. The van der Waals surface area contributed by atoms with Crippen LogP contribution in [0.1, 0.15) is 36.8 Å². The van der Waals surface area contributed by atoms with E-state index in [0.29, 0.717) is 12.8 Å². The van der Waals surface area contributed by atoms with E-state index >= 15 is 0 Å². The molecule has 8 heteroatoms. The molecule has 8 nitrogen and oxygen atoms in total. The maximum Gasteiger partial charge on any atom is 0.407 e. The van der Waals surface area contributed by atoms with Crippen molar-refractivity contribution in [1.29, 1.82) is 0 Å². The fraction of sp³-hybridized carbons (Fsp3) is 0.444. The van der Waals surface area contributed by atoms with Crippen LogP contribution in [0.15, 0.2) is 48.5 Å². The number of amides is 2. The Balaban J connectivity index is 1.44. The number of alkyl carbamates (subject to hydrolysis) is 1. The highest BCUT2D eigenvalue weighted by Gasteiger charge is 2.37. The molecule has 0 saturated carbocycles. The smallest absolute Gasteiger partial charge is 0.407 e. The Morgan fingerprint density at radius 3 is 2.23 bits per heavy atom. The highest BCUT2D eigenvalue weighted by Crippen LogP contribution is 2.44. The number of nitrogens with zero attached hydrogens (tertiary/aromatic N) is 2. The molecule has 1 heterocycles. The van der Waals surface area contributed by atoms with Gasteiger partial charge in [0.15, 0.2) is 0 Å². The first-order valence-electron chi connectivity index (χ1n) is 12.1. The lowest BCUT2D eigenvalue weighted by molar-refractivity contribution is -0.148. The van der Waals surface area contributed by atoms with E-state index in [9.17, 15) is 19.5 Å². The van der Waals surface area contributed by atoms with Gasteiger partial charge < -0.3 is 25.0 Å². The minimum absolute atomic E-state index is 0.0745. The minimum Gasteiger partial charge on any atom is -0.481 e. The number of hydrogen-bond acceptors (Lipinski definition) is 5. The molecule has 2 aromatic carbocycles. The maximum absolute atomic E-state index is 13.4. The van der Waals surface area contributed by atoms with Gasteiger partial charge in [-0.05, 0) is 56.1 Å². The first-order valence-corrected chi connectivity index (χ1v) is 12.1. The number of likely N-dealkylation sites (N-methyl/N-ethyl adjacent to an activating group) is 1. The Morgan fingerprint density at radius 1 is 1.06 bits per heavy atom. The molecule has 186 valence electrons. The lowest BCUT2D eigenvalue weighted by Crippen LogP contribution is -2.57. The number of piperidine rings is 1. The second-order valence-corrected chi connectivity index (χ2v) is 9.74. The second kappa shape index (κ2) is 10.5. The summed E-state index contributed by atoms with van der Waals surface area (Å²) in [5, 5.41) is 12.2. The number of hydrogen-bond donors (Lipinski definition) is 2. The van der Waals surface area contributed by atoms with Crippen molar-refractivity contribution in [2.24, 2.45) is 5.92 Å². The average molecular weight is 480 g/mol. The van der Waals surface area contributed by atoms with Crippen LogP contribution in [0.25, 0.3) is 11.1 Å². The van der Waals surface area contributed by atoms with Crippen molar-refractivity contribution in [2.45, 2.75) is 37.8 Å². The average Bonchev–Trinajstić information content (AvgIpc) is 3.15. The molecule has 3 unspecified atom stereocenters. The Morgan fingerprint density at radius 2 is 1.66 bits per heavy atom. The Labute approximate surface area is 205 Å². The topological polar surface area (TPSA) is 99.2 Å². The molecule has 2 amide bonds. The quantitative estimate of drug-likeness (QED) is 0.633. The van der Waals surface area contributed by atoms with E-state index < -0.39 is 24.0 Å². The number of carboxylic acids is 1. The van der Waals surface area contributed by atoms with Gasteiger partial charge in [0.25, 0.3) is 0 Å². The zero-order valence-electron chi connectivity index (χ0n) is 20.4. The number of ether oxygens (including phenoxy) is 1. The van der Waals surface area contributed by atoms with Crippen molar-refractivity contribution in [3.8, 4) is 11.1 Å². The molecule has 1 fully saturated rings. The van der Waals surface area contributed by atoms with Gasteiger partial charge >= 0.3 is 12.1 Å². The lowest BCUT2D eigenvalue weighted by atomic mass is 9.93. The number of fused-ring (bicyclic) bond motifs is 3. The third-order valence-corrected chi connectivity index (χ3v) is 7.00. The van der Waals surface area contributed by atoms with E-state index in [1.807, 2.05) is 50.2 Å². The molecule has 1 saturated heterocycles. The first kappa shape index (κ1) is 24.7. The molecule has 4 rings (SSSR count). The zero-order chi connectivity index (χ0) is 25.1. The van der Waals surface area contributed by atoms with E-state index in [0.717, 1.165) is 22.3 Å². The van der Waals surface area contributed by atoms with Crippen LogP contribution in [0.3, 0.4) is 0 Å². The third-order valence-electron chi connectivity index (χ3n) is 7.00. The SMILES string of the molecule is CC1CCC(C(=O)O)CN1C(=O)C(CN(C)C)NC(=O)OCC1c2ccccc2-c2ccccc21. The molecule has 35 heavy (non-hydrogen) atoms. The van der Waals surface area contributed by atoms with E-state index in [-0.39, 0.29) is 37.6 Å². The minimum atomic E-state index is -0.900. The Hall–Kier alpha value is -3.39. The van der Waals surface area contributed by atoms with Crippen molar-refractivity contribution in [1.82, 2.24) is 15.1 Å². The summed E-state index contributed by atoms with van der Waals surface area (Å²) in [5.41, 5.74) is 4.52. The van der Waals surface area contributed by atoms with Crippen molar-refractivity contribution >= 4 is 18.0 Å². The molecule has 2 aromatic rings. The number of nitrogens with one attached hydrogen (secondary N) is 1. The van der Waals surface area contributed by atoms with E-state index in [1.165, 1.54) is 0 Å². The Kier molecular flexibility index (Phi) is 7.40. The van der Waals surface area contributed by atoms with E-state index in [4.69, 9.17) is 4.74 Å². The van der Waals surface area contributed by atoms with Gasteiger partial charge in [-0.3, -0.25) is 9.59 Å². The van der Waals surface area contributed by atoms with Gasteiger partial charge in [-0.15, -0.1) is 0 Å². The normalized spacial score (nSPS) is 20.2. The molecule has 1 aliphatic heterocycles. The summed E-state index contributed by atoms with van der Waals surface area (Å²) in [4.78, 5) is 41.1. The fourth-order valence-corrected chi connectivity index (χ4v) is 5.15. The van der Waals surface area contributed by atoms with Crippen LogP contribution < -0.4 is 5.32 Å². The monoisotopic (exact) mass is 479 g/mol. The largest absolute Gasteiger partial charge is 0.481 e. The van der Waals surface area contributed by atoms with Crippen LogP contribution in [0.5, 0.6) is 0 Å². The van der Waals surface area contributed by atoms with Crippen molar-refractivity contribution in [2.75, 3.05) is 33.8 Å². The standard InChI is InChI=1S/C27H33N3O5/c1-17-12-13-18(26(32)33)14-30(17)25(31)24(15-29(2)3)28-27(34)35-16-23-21-10-6-4-8-19(21)20-9-5-7-11-22(20)23/h4-11,17-18,23-24H,12-16H2,1-3H3,(H,28,34)(H,32,33). The van der Waals surface area contributed by atoms with Gasteiger partial charge in [0.2, 0.25) is 5.91 Å². The van der Waals surface area contributed by atoms with Crippen LogP contribution in [0.2, 0.25) is 0 Å². The molecule has 0 bridgehead atoms. The lowest BCUT2D eigenvalue weighted by Gasteiger charge is -2.38. The predicted molar refractivity (Wildman–Crippen MR) is 132 cm³/mol. The number of carboxylic acid groups (broad SMARTS) is 1. The summed E-state index contributed by atoms with van der Waals surface area (Å²) in [6.07, 6.45) is 0.493. The molecular weight excluding hydrogens is 446 g/mol. The van der Waals surface area contributed by atoms with Gasteiger partial charge in [-0.2, -0.15) is 0 Å². The molecule has 1 aliphatic carbocycles. The number of carbonyl (C=O) groups is 3. The highest BCUT2D eigenvalue weighted by atomic mass is 16.5. The fourth-order valence-electron chi connectivity index (χ4n) is 5.15. The van der Waals surface area contributed by atoms with Gasteiger partial charge in [0.1, 0.15) is 12.6 Å². The second-order valence-electron chi connectivity index (χ2n) is 9.74. The van der Waals surface area contributed by atoms with E-state index in [2.05, 4.69) is 29.6 Å². The molecule has 2 aliphatic rings. The summed E-state index contributed by atoms with van der Waals surface area (Å²) in [6, 6.07) is 15.3. The van der Waals surface area contributed by atoms with Crippen LogP contribution >= 0.6 is 0 Å². The van der Waals surface area contributed by atoms with Crippen LogP contribution in [0.4, 0.5) is 4.79 Å². The summed E-state index contributed by atoms with van der Waals surface area (Å²) in [6.45, 7) is 2.50. The van der Waals surface area contributed by atoms with Crippen molar-refractivity contribution in [3.63, 3.8) is 0 Å². The highest BCUT2D eigenvalue weighted by molar-refractivity contribution is 5.87. The van der Waals surface area contributed by atoms with Gasteiger partial charge in [0, 0.05) is 25.0 Å².